The summed E-state index contributed by atoms with van der Waals surface area (Å²) in [5.41, 5.74) is 6.00. The lowest BCUT2D eigenvalue weighted by Crippen LogP contribution is -2.26. The number of carbonyl (C=O) groups is 1. The SMILES string of the molecule is Cc1cccc(-c2c(C(=O)Nc3c(C)cccc3C)c(=O)cc(C)n2-c2ccccc2Cl)c1. The first kappa shape index (κ1) is 22.6. The summed E-state index contributed by atoms with van der Waals surface area (Å²) >= 11 is 6.56. The average molecular weight is 457 g/mol. The average Bonchev–Trinajstić information content (AvgIpc) is 2.76. The van der Waals surface area contributed by atoms with E-state index in [9.17, 15) is 9.59 Å². The Bertz CT molecular complexity index is 1420. The predicted molar refractivity (Wildman–Crippen MR) is 136 cm³/mol. The van der Waals surface area contributed by atoms with Gasteiger partial charge in [-0.05, 0) is 62.6 Å². The van der Waals surface area contributed by atoms with Gasteiger partial charge in [-0.25, -0.2) is 0 Å². The molecule has 1 N–H and O–H groups in total. The van der Waals surface area contributed by atoms with E-state index in [1.165, 1.54) is 6.07 Å². The van der Waals surface area contributed by atoms with E-state index >= 15 is 0 Å². The van der Waals surface area contributed by atoms with Crippen molar-refractivity contribution in [3.05, 3.63) is 116 Å². The van der Waals surface area contributed by atoms with E-state index in [0.717, 1.165) is 22.3 Å². The summed E-state index contributed by atoms with van der Waals surface area (Å²) in [4.78, 5) is 26.9. The van der Waals surface area contributed by atoms with Crippen LogP contribution in [0, 0.1) is 27.7 Å². The predicted octanol–water partition coefficient (Wildman–Crippen LogP) is 6.64. The molecule has 0 aliphatic heterocycles. The lowest BCUT2D eigenvalue weighted by molar-refractivity contribution is 0.102. The molecule has 1 aromatic heterocycles. The van der Waals surface area contributed by atoms with E-state index in [1.807, 2.05) is 92.9 Å². The van der Waals surface area contributed by atoms with Crippen LogP contribution in [0.4, 0.5) is 5.69 Å². The summed E-state index contributed by atoms with van der Waals surface area (Å²) < 4.78 is 1.89. The van der Waals surface area contributed by atoms with Gasteiger partial charge in [-0.1, -0.05) is 65.7 Å². The third-order valence-corrected chi connectivity index (χ3v) is 6.05. The number of pyridine rings is 1. The van der Waals surface area contributed by atoms with Crippen molar-refractivity contribution in [2.24, 2.45) is 0 Å². The zero-order valence-electron chi connectivity index (χ0n) is 19.1. The molecule has 3 aromatic carbocycles. The Morgan fingerprint density at radius 2 is 1.52 bits per heavy atom. The first-order valence-electron chi connectivity index (χ1n) is 10.7. The molecule has 0 radical (unpaired) electrons. The first-order chi connectivity index (χ1) is 15.8. The second kappa shape index (κ2) is 9.08. The maximum absolute atomic E-state index is 13.6. The van der Waals surface area contributed by atoms with Crippen LogP contribution >= 0.6 is 11.6 Å². The lowest BCUT2D eigenvalue weighted by atomic mass is 10.00. The van der Waals surface area contributed by atoms with E-state index in [4.69, 9.17) is 11.6 Å². The van der Waals surface area contributed by atoms with Crippen LogP contribution in [0.15, 0.2) is 77.6 Å². The second-order valence-corrected chi connectivity index (χ2v) is 8.66. The minimum absolute atomic E-state index is 0.0776. The van der Waals surface area contributed by atoms with Gasteiger partial charge in [-0.3, -0.25) is 9.59 Å². The summed E-state index contributed by atoms with van der Waals surface area (Å²) in [6.45, 7) is 7.69. The Balaban J connectivity index is 2.03. The van der Waals surface area contributed by atoms with E-state index in [0.29, 0.717) is 27.8 Å². The number of hydrogen-bond donors (Lipinski definition) is 1. The molecule has 0 aliphatic rings. The summed E-state index contributed by atoms with van der Waals surface area (Å²) in [7, 11) is 0. The van der Waals surface area contributed by atoms with Crippen molar-refractivity contribution in [3.63, 3.8) is 0 Å². The number of aryl methyl sites for hydroxylation is 4. The number of carbonyl (C=O) groups excluding carboxylic acids is 1. The van der Waals surface area contributed by atoms with Gasteiger partial charge in [0.05, 0.1) is 16.4 Å². The van der Waals surface area contributed by atoms with E-state index in [-0.39, 0.29) is 11.0 Å². The molecule has 4 nitrogen and oxygen atoms in total. The van der Waals surface area contributed by atoms with Crippen molar-refractivity contribution in [3.8, 4) is 16.9 Å². The van der Waals surface area contributed by atoms with Crippen molar-refractivity contribution in [2.75, 3.05) is 5.32 Å². The Morgan fingerprint density at radius 3 is 2.18 bits per heavy atom. The molecule has 0 unspecified atom stereocenters. The van der Waals surface area contributed by atoms with E-state index < -0.39 is 5.91 Å². The van der Waals surface area contributed by atoms with Crippen LogP contribution in [-0.4, -0.2) is 10.5 Å². The molecule has 5 heteroatoms. The van der Waals surface area contributed by atoms with Crippen LogP contribution < -0.4 is 10.7 Å². The third-order valence-electron chi connectivity index (χ3n) is 5.73. The van der Waals surface area contributed by atoms with Crippen LogP contribution in [0.3, 0.4) is 0 Å². The van der Waals surface area contributed by atoms with E-state index in [1.54, 1.807) is 6.07 Å². The number of nitrogens with one attached hydrogen (secondary N) is 1. The molecular formula is C28H25ClN2O2. The maximum Gasteiger partial charge on any atom is 0.261 e. The molecule has 0 atom stereocenters. The fraction of sp³-hybridized carbons (Fsp3) is 0.143. The molecule has 1 heterocycles. The van der Waals surface area contributed by atoms with Crippen molar-refractivity contribution in [2.45, 2.75) is 27.7 Å². The maximum atomic E-state index is 13.6. The highest BCUT2D eigenvalue weighted by molar-refractivity contribution is 6.32. The number of halogens is 1. The number of nitrogens with zero attached hydrogens (tertiary/aromatic N) is 1. The standard InChI is InChI=1S/C28H25ClN2O2/c1-17-9-7-12-21(15-17)27-25(28(33)30-26-18(2)10-8-11-19(26)3)24(32)16-20(4)31(27)23-14-6-5-13-22(23)29/h5-16H,1-4H3,(H,30,33). The highest BCUT2D eigenvalue weighted by Crippen LogP contribution is 2.31. The third kappa shape index (κ3) is 4.35. The van der Waals surface area contributed by atoms with Crippen molar-refractivity contribution in [1.82, 2.24) is 4.57 Å². The molecule has 0 spiro atoms. The lowest BCUT2D eigenvalue weighted by Gasteiger charge is -2.22. The van der Waals surface area contributed by atoms with E-state index in [2.05, 4.69) is 5.32 Å². The zero-order valence-corrected chi connectivity index (χ0v) is 19.8. The fourth-order valence-corrected chi connectivity index (χ4v) is 4.37. The molecule has 0 fully saturated rings. The molecule has 1 amide bonds. The van der Waals surface area contributed by atoms with Crippen LogP contribution in [0.5, 0.6) is 0 Å². The number of rotatable bonds is 4. The Kier molecular flexibility index (Phi) is 6.21. The molecule has 0 aliphatic carbocycles. The van der Waals surface area contributed by atoms with Gasteiger partial charge in [-0.15, -0.1) is 0 Å². The van der Waals surface area contributed by atoms with Crippen LogP contribution in [-0.2, 0) is 0 Å². The largest absolute Gasteiger partial charge is 0.321 e. The second-order valence-electron chi connectivity index (χ2n) is 8.25. The first-order valence-corrected chi connectivity index (χ1v) is 11.1. The van der Waals surface area contributed by atoms with Gasteiger partial charge in [0, 0.05) is 17.4 Å². The fourth-order valence-electron chi connectivity index (χ4n) is 4.15. The van der Waals surface area contributed by atoms with Gasteiger partial charge >= 0.3 is 0 Å². The van der Waals surface area contributed by atoms with Crippen LogP contribution in [0.2, 0.25) is 5.02 Å². The highest BCUT2D eigenvalue weighted by atomic mass is 35.5. The molecule has 0 saturated heterocycles. The number of anilines is 1. The smallest absolute Gasteiger partial charge is 0.261 e. The Labute approximate surface area is 198 Å². The van der Waals surface area contributed by atoms with Gasteiger partial charge in [0.15, 0.2) is 5.43 Å². The normalized spacial score (nSPS) is 10.8. The van der Waals surface area contributed by atoms with Crippen molar-refractivity contribution >= 4 is 23.2 Å². The number of para-hydroxylation sites is 2. The topological polar surface area (TPSA) is 51.1 Å². The molecule has 33 heavy (non-hydrogen) atoms. The van der Waals surface area contributed by atoms with Gasteiger partial charge in [-0.2, -0.15) is 0 Å². The Hall–Kier alpha value is -3.63. The molecule has 166 valence electrons. The summed E-state index contributed by atoms with van der Waals surface area (Å²) in [6, 6.07) is 22.5. The highest BCUT2D eigenvalue weighted by Gasteiger charge is 2.24. The number of aromatic nitrogens is 1. The van der Waals surface area contributed by atoms with Crippen LogP contribution in [0.25, 0.3) is 16.9 Å². The number of benzene rings is 3. The summed E-state index contributed by atoms with van der Waals surface area (Å²) in [5, 5.41) is 3.51. The molecule has 0 bridgehead atoms. The number of amides is 1. The monoisotopic (exact) mass is 456 g/mol. The summed E-state index contributed by atoms with van der Waals surface area (Å²) in [6.07, 6.45) is 0. The van der Waals surface area contributed by atoms with Crippen LogP contribution in [0.1, 0.15) is 32.7 Å². The summed E-state index contributed by atoms with van der Waals surface area (Å²) in [5.74, 6) is -0.449. The number of hydrogen-bond acceptors (Lipinski definition) is 2. The quantitative estimate of drug-likeness (QED) is 0.374. The minimum Gasteiger partial charge on any atom is -0.321 e. The molecule has 4 rings (SSSR count). The van der Waals surface area contributed by atoms with Crippen molar-refractivity contribution < 1.29 is 4.79 Å². The van der Waals surface area contributed by atoms with Gasteiger partial charge in [0.2, 0.25) is 0 Å². The zero-order chi connectivity index (χ0) is 23.7. The molecular weight excluding hydrogens is 432 g/mol. The Morgan fingerprint density at radius 1 is 0.848 bits per heavy atom. The van der Waals surface area contributed by atoms with Gasteiger partial charge in [0.1, 0.15) is 5.56 Å². The van der Waals surface area contributed by atoms with Gasteiger partial charge in [0.25, 0.3) is 5.91 Å². The molecule has 0 saturated carbocycles. The van der Waals surface area contributed by atoms with Crippen molar-refractivity contribution in [1.29, 1.82) is 0 Å². The minimum atomic E-state index is -0.449. The molecule has 4 aromatic rings. The van der Waals surface area contributed by atoms with Gasteiger partial charge < -0.3 is 9.88 Å².